The monoisotopic (exact) mass is 380 g/mol. The van der Waals surface area contributed by atoms with Crippen molar-refractivity contribution in [2.24, 2.45) is 27.6 Å². The number of piperidine rings is 2. The number of carbonyl (C=O) groups excluding carboxylic acids is 1. The third-order valence-corrected chi connectivity index (χ3v) is 8.86. The Balaban J connectivity index is 0.00000168. The predicted molar refractivity (Wildman–Crippen MR) is 107 cm³/mol. The quantitative estimate of drug-likeness (QED) is 0.731. The summed E-state index contributed by atoms with van der Waals surface area (Å²) in [6.45, 7) is 9.37. The molecule has 4 aliphatic carbocycles. The van der Waals surface area contributed by atoms with Crippen molar-refractivity contribution >= 4 is 18.3 Å². The lowest BCUT2D eigenvalue weighted by Gasteiger charge is -2.65. The zero-order chi connectivity index (χ0) is 17.3. The molecular weight excluding hydrogens is 344 g/mol. The lowest BCUT2D eigenvalue weighted by molar-refractivity contribution is -0.181. The molecule has 0 aromatic heterocycles. The SMILES string of the molecule is CC12CC3CC(C)(C1)CC(C(=O)N1CCC4(CCNCC4)CC1)(C3)C2.Cl. The Morgan fingerprint density at radius 3 is 2.00 bits per heavy atom. The smallest absolute Gasteiger partial charge is 0.228 e. The fraction of sp³-hybridized carbons (Fsp3) is 0.955. The van der Waals surface area contributed by atoms with Crippen LogP contribution in [-0.4, -0.2) is 37.0 Å². The summed E-state index contributed by atoms with van der Waals surface area (Å²) in [6, 6.07) is 0. The first-order chi connectivity index (χ1) is 11.8. The van der Waals surface area contributed by atoms with Gasteiger partial charge in [0.25, 0.3) is 0 Å². The highest BCUT2D eigenvalue weighted by atomic mass is 35.5. The highest BCUT2D eigenvalue weighted by Gasteiger charge is 2.63. The van der Waals surface area contributed by atoms with Gasteiger partial charge in [-0.25, -0.2) is 0 Å². The van der Waals surface area contributed by atoms with Gasteiger partial charge in [-0.2, -0.15) is 0 Å². The second kappa shape index (κ2) is 6.11. The van der Waals surface area contributed by atoms with Crippen LogP contribution in [0, 0.1) is 27.6 Å². The molecule has 2 aliphatic heterocycles. The molecule has 148 valence electrons. The lowest BCUT2D eigenvalue weighted by Crippen LogP contribution is -2.61. The Kier molecular flexibility index (Phi) is 4.48. The van der Waals surface area contributed by atoms with Gasteiger partial charge >= 0.3 is 0 Å². The molecular formula is C22H37ClN2O. The van der Waals surface area contributed by atoms with Gasteiger partial charge in [0.05, 0.1) is 5.41 Å². The van der Waals surface area contributed by atoms with Gasteiger partial charge in [-0.3, -0.25) is 4.79 Å². The maximum atomic E-state index is 13.7. The molecule has 4 bridgehead atoms. The van der Waals surface area contributed by atoms with Crippen LogP contribution >= 0.6 is 12.4 Å². The summed E-state index contributed by atoms with van der Waals surface area (Å²) in [5.41, 5.74) is 1.43. The average Bonchev–Trinajstić information content (AvgIpc) is 2.52. The van der Waals surface area contributed by atoms with Crippen molar-refractivity contribution in [3.05, 3.63) is 0 Å². The van der Waals surface area contributed by atoms with E-state index in [0.29, 0.717) is 22.2 Å². The minimum absolute atomic E-state index is 0. The van der Waals surface area contributed by atoms with Crippen molar-refractivity contribution in [3.63, 3.8) is 0 Å². The molecule has 6 aliphatic rings. The van der Waals surface area contributed by atoms with E-state index in [1.165, 1.54) is 77.3 Å². The number of hydrogen-bond donors (Lipinski definition) is 1. The third kappa shape index (κ3) is 2.92. The second-order valence-corrected chi connectivity index (χ2v) is 11.5. The molecule has 4 heteroatoms. The molecule has 26 heavy (non-hydrogen) atoms. The first-order valence-electron chi connectivity index (χ1n) is 10.8. The predicted octanol–water partition coefficient (Wildman–Crippen LogP) is 4.40. The summed E-state index contributed by atoms with van der Waals surface area (Å²) in [7, 11) is 0. The summed E-state index contributed by atoms with van der Waals surface area (Å²) < 4.78 is 0. The van der Waals surface area contributed by atoms with Crippen molar-refractivity contribution in [2.75, 3.05) is 26.2 Å². The number of nitrogens with zero attached hydrogens (tertiary/aromatic N) is 1. The Morgan fingerprint density at radius 2 is 1.46 bits per heavy atom. The maximum Gasteiger partial charge on any atom is 0.228 e. The molecule has 6 rings (SSSR count). The number of hydrogen-bond acceptors (Lipinski definition) is 2. The van der Waals surface area contributed by atoms with Crippen LogP contribution in [-0.2, 0) is 4.79 Å². The third-order valence-electron chi connectivity index (χ3n) is 8.86. The van der Waals surface area contributed by atoms with Crippen LogP contribution in [0.1, 0.15) is 78.1 Å². The molecule has 0 aromatic carbocycles. The van der Waals surface area contributed by atoms with Crippen molar-refractivity contribution in [1.29, 1.82) is 0 Å². The summed E-state index contributed by atoms with van der Waals surface area (Å²) in [5, 5.41) is 3.51. The zero-order valence-corrected chi connectivity index (χ0v) is 17.6. The second-order valence-electron chi connectivity index (χ2n) is 11.5. The van der Waals surface area contributed by atoms with Gasteiger partial charge in [0.15, 0.2) is 0 Å². The van der Waals surface area contributed by atoms with Gasteiger partial charge in [0.1, 0.15) is 0 Å². The van der Waals surface area contributed by atoms with Gasteiger partial charge in [0, 0.05) is 13.1 Å². The molecule has 1 spiro atoms. The number of amides is 1. The highest BCUT2D eigenvalue weighted by molar-refractivity contribution is 5.85. The number of rotatable bonds is 1. The summed E-state index contributed by atoms with van der Waals surface area (Å²) >= 11 is 0. The lowest BCUT2D eigenvalue weighted by atomic mass is 9.40. The number of carbonyl (C=O) groups is 1. The fourth-order valence-electron chi connectivity index (χ4n) is 8.66. The number of likely N-dealkylation sites (tertiary alicyclic amines) is 1. The van der Waals surface area contributed by atoms with Crippen molar-refractivity contribution < 1.29 is 4.79 Å². The van der Waals surface area contributed by atoms with Gasteiger partial charge in [0.2, 0.25) is 5.91 Å². The Morgan fingerprint density at radius 1 is 0.885 bits per heavy atom. The molecule has 2 saturated heterocycles. The van der Waals surface area contributed by atoms with Crippen LogP contribution in [0.3, 0.4) is 0 Å². The summed E-state index contributed by atoms with van der Waals surface area (Å²) in [6.07, 6.45) is 12.8. The van der Waals surface area contributed by atoms with E-state index in [0.717, 1.165) is 19.0 Å². The minimum atomic E-state index is 0. The maximum absolute atomic E-state index is 13.7. The first-order valence-corrected chi connectivity index (χ1v) is 10.8. The molecule has 2 unspecified atom stereocenters. The van der Waals surface area contributed by atoms with Crippen LogP contribution in [0.25, 0.3) is 0 Å². The zero-order valence-electron chi connectivity index (χ0n) is 16.7. The molecule has 1 amide bonds. The Bertz CT molecular complexity index is 557. The van der Waals surface area contributed by atoms with Gasteiger partial charge in [-0.05, 0) is 99.5 Å². The van der Waals surface area contributed by atoms with Gasteiger partial charge in [-0.1, -0.05) is 13.8 Å². The molecule has 2 heterocycles. The van der Waals surface area contributed by atoms with E-state index < -0.39 is 0 Å². The molecule has 0 radical (unpaired) electrons. The molecule has 4 saturated carbocycles. The van der Waals surface area contributed by atoms with Crippen molar-refractivity contribution in [3.8, 4) is 0 Å². The van der Waals surface area contributed by atoms with Crippen LogP contribution < -0.4 is 5.32 Å². The largest absolute Gasteiger partial charge is 0.342 e. The fourth-order valence-corrected chi connectivity index (χ4v) is 8.66. The van der Waals surface area contributed by atoms with Crippen LogP contribution in [0.15, 0.2) is 0 Å². The highest BCUT2D eigenvalue weighted by Crippen LogP contribution is 2.70. The van der Waals surface area contributed by atoms with Crippen molar-refractivity contribution in [1.82, 2.24) is 10.2 Å². The molecule has 2 atom stereocenters. The van der Waals surface area contributed by atoms with E-state index in [1.54, 1.807) is 0 Å². The molecule has 3 nitrogen and oxygen atoms in total. The van der Waals surface area contributed by atoms with Crippen LogP contribution in [0.2, 0.25) is 0 Å². The van der Waals surface area contributed by atoms with E-state index in [1.807, 2.05) is 0 Å². The van der Waals surface area contributed by atoms with E-state index in [9.17, 15) is 4.79 Å². The van der Waals surface area contributed by atoms with E-state index >= 15 is 0 Å². The topological polar surface area (TPSA) is 32.3 Å². The van der Waals surface area contributed by atoms with E-state index in [4.69, 9.17) is 0 Å². The molecule has 0 aromatic rings. The number of nitrogens with one attached hydrogen (secondary N) is 1. The van der Waals surface area contributed by atoms with Gasteiger partial charge < -0.3 is 10.2 Å². The summed E-state index contributed by atoms with van der Waals surface area (Å²) in [5.74, 6) is 1.37. The number of halogens is 1. The molecule has 1 N–H and O–H groups in total. The van der Waals surface area contributed by atoms with E-state index in [2.05, 4.69) is 24.1 Å². The minimum Gasteiger partial charge on any atom is -0.342 e. The average molecular weight is 381 g/mol. The summed E-state index contributed by atoms with van der Waals surface area (Å²) in [4.78, 5) is 16.0. The first kappa shape index (κ1) is 19.1. The van der Waals surface area contributed by atoms with Gasteiger partial charge in [-0.15, -0.1) is 12.4 Å². The van der Waals surface area contributed by atoms with Crippen molar-refractivity contribution in [2.45, 2.75) is 78.1 Å². The van der Waals surface area contributed by atoms with E-state index in [-0.39, 0.29) is 17.8 Å². The van der Waals surface area contributed by atoms with Crippen LogP contribution in [0.4, 0.5) is 0 Å². The van der Waals surface area contributed by atoms with Crippen LogP contribution in [0.5, 0.6) is 0 Å². The Hall–Kier alpha value is -0.280. The standard InChI is InChI=1S/C22H36N2O.ClH/c1-19-11-17-12-20(2,14-19)16-22(13-17,15-19)18(25)24-9-5-21(6-10-24)3-7-23-8-4-21;/h17,23H,3-16H2,1-2H3;1H. The molecule has 6 fully saturated rings. The Labute approximate surface area is 165 Å². The normalized spacial score (nSPS) is 46.2.